The van der Waals surface area contributed by atoms with Gasteiger partial charge in [-0.25, -0.2) is 4.79 Å². The van der Waals surface area contributed by atoms with Crippen molar-refractivity contribution in [1.82, 2.24) is 4.90 Å². The first kappa shape index (κ1) is 15.2. The standard InChI is InChI=1S/C14H19NO4/c1-9(2)19-8-10-5-11(13(16)15(3)4)7-12(6-10)14(17)18/h5-7,9H,8H2,1-4H3,(H,17,18). The maximum Gasteiger partial charge on any atom is 0.335 e. The van der Waals surface area contributed by atoms with Gasteiger partial charge in [-0.05, 0) is 37.6 Å². The van der Waals surface area contributed by atoms with Crippen molar-refractivity contribution in [3.63, 3.8) is 0 Å². The molecule has 5 nitrogen and oxygen atoms in total. The largest absolute Gasteiger partial charge is 0.478 e. The van der Waals surface area contributed by atoms with Crippen LogP contribution in [0.1, 0.15) is 40.1 Å². The lowest BCUT2D eigenvalue weighted by atomic mass is 10.1. The van der Waals surface area contributed by atoms with Crippen LogP contribution in [0.3, 0.4) is 0 Å². The van der Waals surface area contributed by atoms with E-state index in [2.05, 4.69) is 0 Å². The Labute approximate surface area is 112 Å². The number of carboxylic acids is 1. The van der Waals surface area contributed by atoms with E-state index >= 15 is 0 Å². The molecule has 0 bridgehead atoms. The van der Waals surface area contributed by atoms with Crippen LogP contribution in [-0.2, 0) is 11.3 Å². The molecule has 0 spiro atoms. The van der Waals surface area contributed by atoms with Gasteiger partial charge in [-0.15, -0.1) is 0 Å². The first-order valence-electron chi connectivity index (χ1n) is 6.01. The second-order valence-electron chi connectivity index (χ2n) is 4.78. The molecular weight excluding hydrogens is 246 g/mol. The molecule has 1 aromatic carbocycles. The van der Waals surface area contributed by atoms with Crippen LogP contribution < -0.4 is 0 Å². The molecule has 0 saturated heterocycles. The highest BCUT2D eigenvalue weighted by Gasteiger charge is 2.14. The molecule has 0 atom stereocenters. The van der Waals surface area contributed by atoms with E-state index in [-0.39, 0.29) is 24.2 Å². The Morgan fingerprint density at radius 1 is 1.21 bits per heavy atom. The van der Waals surface area contributed by atoms with Gasteiger partial charge in [0.05, 0.1) is 18.3 Å². The van der Waals surface area contributed by atoms with E-state index in [1.807, 2.05) is 13.8 Å². The van der Waals surface area contributed by atoms with Gasteiger partial charge in [-0.3, -0.25) is 4.79 Å². The normalized spacial score (nSPS) is 10.6. The molecule has 0 unspecified atom stereocenters. The molecule has 0 aliphatic carbocycles. The van der Waals surface area contributed by atoms with E-state index in [9.17, 15) is 9.59 Å². The van der Waals surface area contributed by atoms with Crippen LogP contribution in [0, 0.1) is 0 Å². The average Bonchev–Trinajstić information content (AvgIpc) is 2.34. The van der Waals surface area contributed by atoms with Gasteiger partial charge in [-0.1, -0.05) is 0 Å². The van der Waals surface area contributed by atoms with Gasteiger partial charge in [-0.2, -0.15) is 0 Å². The van der Waals surface area contributed by atoms with Gasteiger partial charge in [0.15, 0.2) is 0 Å². The lowest BCUT2D eigenvalue weighted by Gasteiger charge is -2.13. The molecule has 0 aliphatic heterocycles. The smallest absolute Gasteiger partial charge is 0.335 e. The van der Waals surface area contributed by atoms with Gasteiger partial charge >= 0.3 is 5.97 Å². The summed E-state index contributed by atoms with van der Waals surface area (Å²) < 4.78 is 5.44. The number of nitrogens with zero attached hydrogens (tertiary/aromatic N) is 1. The van der Waals surface area contributed by atoms with Crippen molar-refractivity contribution in [1.29, 1.82) is 0 Å². The van der Waals surface area contributed by atoms with Crippen molar-refractivity contribution < 1.29 is 19.4 Å². The van der Waals surface area contributed by atoms with Crippen molar-refractivity contribution in [2.75, 3.05) is 14.1 Å². The van der Waals surface area contributed by atoms with Crippen LogP contribution in [0.15, 0.2) is 18.2 Å². The van der Waals surface area contributed by atoms with Crippen molar-refractivity contribution in [3.05, 3.63) is 34.9 Å². The third-order valence-corrected chi connectivity index (χ3v) is 2.48. The van der Waals surface area contributed by atoms with Crippen molar-refractivity contribution in [2.45, 2.75) is 26.6 Å². The van der Waals surface area contributed by atoms with Crippen LogP contribution >= 0.6 is 0 Å². The number of aromatic carboxylic acids is 1. The summed E-state index contributed by atoms with van der Waals surface area (Å²) in [5.74, 6) is -1.28. The molecule has 1 aromatic rings. The second kappa shape index (κ2) is 6.33. The molecule has 1 amide bonds. The zero-order valence-electron chi connectivity index (χ0n) is 11.6. The lowest BCUT2D eigenvalue weighted by molar-refractivity contribution is 0.0652. The number of carboxylic acid groups (broad SMARTS) is 1. The molecule has 5 heteroatoms. The predicted octanol–water partition coefficient (Wildman–Crippen LogP) is 2.01. The minimum absolute atomic E-state index is 0.0430. The predicted molar refractivity (Wildman–Crippen MR) is 71.3 cm³/mol. The molecule has 0 saturated carbocycles. The minimum atomic E-state index is -1.06. The first-order valence-corrected chi connectivity index (χ1v) is 6.01. The van der Waals surface area contributed by atoms with Crippen molar-refractivity contribution in [3.8, 4) is 0 Å². The Bertz CT molecular complexity index is 480. The molecule has 0 heterocycles. The maximum absolute atomic E-state index is 11.9. The number of hydrogen-bond acceptors (Lipinski definition) is 3. The lowest BCUT2D eigenvalue weighted by Crippen LogP contribution is -2.22. The van der Waals surface area contributed by atoms with Crippen LogP contribution in [-0.4, -0.2) is 42.1 Å². The van der Waals surface area contributed by atoms with Crippen LogP contribution in [0.4, 0.5) is 0 Å². The molecule has 1 N–H and O–H groups in total. The fourth-order valence-corrected chi connectivity index (χ4v) is 1.54. The number of benzene rings is 1. The summed E-state index contributed by atoms with van der Waals surface area (Å²) in [5.41, 5.74) is 1.13. The summed E-state index contributed by atoms with van der Waals surface area (Å²) in [5, 5.41) is 9.07. The van der Waals surface area contributed by atoms with E-state index in [0.29, 0.717) is 11.1 Å². The molecule has 0 aliphatic rings. The van der Waals surface area contributed by atoms with Gasteiger partial charge < -0.3 is 14.7 Å². The third-order valence-electron chi connectivity index (χ3n) is 2.48. The summed E-state index contributed by atoms with van der Waals surface area (Å²) >= 11 is 0. The zero-order valence-corrected chi connectivity index (χ0v) is 11.6. The van der Waals surface area contributed by atoms with Crippen LogP contribution in [0.2, 0.25) is 0 Å². The second-order valence-corrected chi connectivity index (χ2v) is 4.78. The fraction of sp³-hybridized carbons (Fsp3) is 0.429. The molecule has 19 heavy (non-hydrogen) atoms. The van der Waals surface area contributed by atoms with Crippen LogP contribution in [0.25, 0.3) is 0 Å². The van der Waals surface area contributed by atoms with E-state index < -0.39 is 5.97 Å². The van der Waals surface area contributed by atoms with Crippen LogP contribution in [0.5, 0.6) is 0 Å². The number of carbonyl (C=O) groups excluding carboxylic acids is 1. The number of carbonyl (C=O) groups is 2. The Balaban J connectivity index is 3.10. The number of amides is 1. The van der Waals surface area contributed by atoms with E-state index in [4.69, 9.17) is 9.84 Å². The average molecular weight is 265 g/mol. The summed E-state index contributed by atoms with van der Waals surface area (Å²) in [6, 6.07) is 4.57. The topological polar surface area (TPSA) is 66.8 Å². The Morgan fingerprint density at radius 2 is 1.79 bits per heavy atom. The highest BCUT2D eigenvalue weighted by molar-refractivity contribution is 5.97. The molecule has 0 aromatic heterocycles. The molecule has 0 radical (unpaired) electrons. The van der Waals surface area contributed by atoms with E-state index in [1.165, 1.54) is 17.0 Å². The zero-order chi connectivity index (χ0) is 14.6. The Hall–Kier alpha value is -1.88. The summed E-state index contributed by atoms with van der Waals surface area (Å²) in [4.78, 5) is 24.4. The van der Waals surface area contributed by atoms with E-state index in [0.717, 1.165) is 0 Å². The van der Waals surface area contributed by atoms with Gasteiger partial charge in [0, 0.05) is 19.7 Å². The van der Waals surface area contributed by atoms with Gasteiger partial charge in [0.1, 0.15) is 0 Å². The minimum Gasteiger partial charge on any atom is -0.478 e. The summed E-state index contributed by atoms with van der Waals surface area (Å²) in [6.07, 6.45) is 0.0430. The molecule has 1 rings (SSSR count). The first-order chi connectivity index (χ1) is 8.81. The highest BCUT2D eigenvalue weighted by Crippen LogP contribution is 2.14. The highest BCUT2D eigenvalue weighted by atomic mass is 16.5. The van der Waals surface area contributed by atoms with Crippen molar-refractivity contribution in [2.24, 2.45) is 0 Å². The van der Waals surface area contributed by atoms with Gasteiger partial charge in [0.2, 0.25) is 0 Å². The SMILES string of the molecule is CC(C)OCc1cc(C(=O)O)cc(C(=O)N(C)C)c1. The maximum atomic E-state index is 11.9. The third kappa shape index (κ3) is 4.37. The number of ether oxygens (including phenoxy) is 1. The quantitative estimate of drug-likeness (QED) is 0.884. The number of rotatable bonds is 5. The molecule has 104 valence electrons. The van der Waals surface area contributed by atoms with E-state index in [1.54, 1.807) is 20.2 Å². The Kier molecular flexibility index (Phi) is 5.06. The summed E-state index contributed by atoms with van der Waals surface area (Å²) in [6.45, 7) is 4.08. The molecular formula is C14H19NO4. The van der Waals surface area contributed by atoms with Crippen molar-refractivity contribution >= 4 is 11.9 Å². The number of hydrogen-bond donors (Lipinski definition) is 1. The van der Waals surface area contributed by atoms with Gasteiger partial charge in [0.25, 0.3) is 5.91 Å². The fourth-order valence-electron chi connectivity index (χ4n) is 1.54. The monoisotopic (exact) mass is 265 g/mol. The Morgan fingerprint density at radius 3 is 2.26 bits per heavy atom. The molecule has 0 fully saturated rings. The summed E-state index contributed by atoms with van der Waals surface area (Å²) in [7, 11) is 3.25.